The highest BCUT2D eigenvalue weighted by Gasteiger charge is 2.29. The van der Waals surface area contributed by atoms with Gasteiger partial charge in [0.1, 0.15) is 11.3 Å². The Morgan fingerprint density at radius 1 is 1.39 bits per heavy atom. The molecule has 1 saturated carbocycles. The van der Waals surface area contributed by atoms with E-state index in [1.165, 1.54) is 11.8 Å². The minimum absolute atomic E-state index is 0.240. The molecule has 94 valence electrons. The smallest absolute Gasteiger partial charge is 0.277 e. The number of rotatable bonds is 4. The number of carbonyl (C=O) groups excluding carboxylic acids is 1. The van der Waals surface area contributed by atoms with Gasteiger partial charge >= 0.3 is 0 Å². The molecule has 0 spiro atoms. The van der Waals surface area contributed by atoms with Crippen molar-refractivity contribution in [3.8, 4) is 0 Å². The molecule has 0 unspecified atom stereocenters. The van der Waals surface area contributed by atoms with E-state index >= 15 is 0 Å². The Balaban J connectivity index is 1.84. The largest absolute Gasteiger partial charge is 0.327 e. The third-order valence-corrected chi connectivity index (χ3v) is 3.85. The Kier molecular flexibility index (Phi) is 2.83. The van der Waals surface area contributed by atoms with Gasteiger partial charge in [-0.05, 0) is 25.1 Å². The number of ketones is 1. The number of nitrogens with one attached hydrogen (secondary N) is 3. The first-order chi connectivity index (χ1) is 8.63. The maximum Gasteiger partial charge on any atom is 0.277 e. The van der Waals surface area contributed by atoms with Crippen LogP contribution in [0.5, 0.6) is 0 Å². The Morgan fingerprint density at radius 3 is 2.89 bits per heavy atom. The van der Waals surface area contributed by atoms with Gasteiger partial charge in [-0.15, -0.1) is 0 Å². The minimum atomic E-state index is -0.304. The van der Waals surface area contributed by atoms with Crippen molar-refractivity contribution >= 4 is 40.9 Å². The van der Waals surface area contributed by atoms with Gasteiger partial charge in [-0.2, -0.15) is 0 Å². The zero-order valence-electron chi connectivity index (χ0n) is 9.28. The van der Waals surface area contributed by atoms with Gasteiger partial charge < -0.3 is 9.97 Å². The van der Waals surface area contributed by atoms with E-state index in [1.807, 2.05) is 0 Å². The lowest BCUT2D eigenvalue weighted by atomic mass is 10.3. The number of thioether (sulfide) groups is 1. The van der Waals surface area contributed by atoms with E-state index in [2.05, 4.69) is 19.9 Å². The van der Waals surface area contributed by atoms with Gasteiger partial charge in [0, 0.05) is 5.92 Å². The average Bonchev–Trinajstić information content (AvgIpc) is 3.07. The molecule has 2 aromatic rings. The number of carbonyl (C=O) groups is 1. The summed E-state index contributed by atoms with van der Waals surface area (Å²) >= 11 is 6.17. The molecule has 3 rings (SSSR count). The van der Waals surface area contributed by atoms with E-state index in [0.717, 1.165) is 12.8 Å². The predicted octanol–water partition coefficient (Wildman–Crippen LogP) is 1.38. The van der Waals surface area contributed by atoms with Gasteiger partial charge in [-0.25, -0.2) is 4.98 Å². The molecule has 18 heavy (non-hydrogen) atoms. The number of H-pyrrole nitrogens is 3. The van der Waals surface area contributed by atoms with Crippen LogP contribution in [-0.2, 0) is 4.79 Å². The zero-order valence-corrected chi connectivity index (χ0v) is 10.9. The summed E-state index contributed by atoms with van der Waals surface area (Å²) in [5.41, 5.74) is 0.469. The first-order valence-electron chi connectivity index (χ1n) is 5.51. The summed E-state index contributed by atoms with van der Waals surface area (Å²) in [4.78, 5) is 35.5. The molecule has 0 amide bonds. The van der Waals surface area contributed by atoms with Crippen molar-refractivity contribution < 1.29 is 4.79 Å². The molecule has 2 heterocycles. The second-order valence-corrected chi connectivity index (χ2v) is 5.58. The quantitative estimate of drug-likeness (QED) is 0.582. The Morgan fingerprint density at radius 2 is 2.17 bits per heavy atom. The molecule has 1 aliphatic rings. The van der Waals surface area contributed by atoms with Crippen LogP contribution in [0.2, 0.25) is 0 Å². The first-order valence-corrected chi connectivity index (χ1v) is 6.90. The molecule has 8 heteroatoms. The molecular formula is C10H10N4O2S2. The lowest BCUT2D eigenvalue weighted by molar-refractivity contribution is -0.117. The maximum absolute atomic E-state index is 11.6. The van der Waals surface area contributed by atoms with Gasteiger partial charge in [0.2, 0.25) is 0 Å². The number of nitrogens with zero attached hydrogens (tertiary/aromatic N) is 1. The fourth-order valence-corrected chi connectivity index (χ4v) is 2.68. The van der Waals surface area contributed by atoms with Crippen molar-refractivity contribution in [1.82, 2.24) is 19.9 Å². The molecule has 0 saturated heterocycles. The fraction of sp³-hybridized carbons (Fsp3) is 0.400. The number of Topliss-reactive ketones (excluding diaryl/α,β-unsaturated/α-hetero) is 1. The molecular weight excluding hydrogens is 272 g/mol. The van der Waals surface area contributed by atoms with Gasteiger partial charge in [0.05, 0.1) is 5.75 Å². The van der Waals surface area contributed by atoms with E-state index in [9.17, 15) is 9.59 Å². The normalized spacial score (nSPS) is 15.1. The Hall–Kier alpha value is -1.41. The van der Waals surface area contributed by atoms with Crippen LogP contribution >= 0.6 is 24.0 Å². The lowest BCUT2D eigenvalue weighted by Crippen LogP contribution is -2.07. The van der Waals surface area contributed by atoms with Crippen LogP contribution in [0, 0.1) is 10.7 Å². The number of hydrogen-bond acceptors (Lipinski definition) is 5. The van der Waals surface area contributed by atoms with Crippen LogP contribution in [0.1, 0.15) is 12.8 Å². The molecule has 3 N–H and O–H groups in total. The number of imidazole rings is 1. The van der Waals surface area contributed by atoms with Gasteiger partial charge in [0.25, 0.3) is 5.56 Å². The molecule has 0 aromatic carbocycles. The molecule has 1 fully saturated rings. The maximum atomic E-state index is 11.6. The molecule has 0 radical (unpaired) electrons. The number of hydrogen-bond donors (Lipinski definition) is 3. The fourth-order valence-electron chi connectivity index (χ4n) is 1.64. The van der Waals surface area contributed by atoms with E-state index in [-0.39, 0.29) is 22.0 Å². The Bertz CT molecular complexity index is 725. The summed E-state index contributed by atoms with van der Waals surface area (Å²) in [7, 11) is 0. The van der Waals surface area contributed by atoms with Crippen molar-refractivity contribution in [1.29, 1.82) is 0 Å². The lowest BCUT2D eigenvalue weighted by Gasteiger charge is -1.94. The summed E-state index contributed by atoms with van der Waals surface area (Å²) in [6.07, 6.45) is 2.01. The summed E-state index contributed by atoms with van der Waals surface area (Å²) in [5, 5.41) is 0.557. The number of aromatic nitrogens is 4. The van der Waals surface area contributed by atoms with Crippen molar-refractivity contribution in [3.63, 3.8) is 0 Å². The number of aromatic amines is 3. The van der Waals surface area contributed by atoms with Crippen LogP contribution in [0.15, 0.2) is 9.95 Å². The second-order valence-electron chi connectivity index (χ2n) is 4.20. The van der Waals surface area contributed by atoms with E-state index in [4.69, 9.17) is 12.2 Å². The predicted molar refractivity (Wildman–Crippen MR) is 70.4 cm³/mol. The summed E-state index contributed by atoms with van der Waals surface area (Å²) in [6, 6.07) is 0. The Labute approximate surface area is 111 Å². The summed E-state index contributed by atoms with van der Waals surface area (Å²) in [6.45, 7) is 0. The van der Waals surface area contributed by atoms with Crippen LogP contribution < -0.4 is 5.56 Å². The first kappa shape index (κ1) is 11.7. The average molecular weight is 282 g/mol. The molecule has 1 aliphatic carbocycles. The third kappa shape index (κ3) is 2.25. The van der Waals surface area contributed by atoms with Gasteiger partial charge in [-0.1, -0.05) is 11.8 Å². The van der Waals surface area contributed by atoms with Crippen LogP contribution in [-0.4, -0.2) is 31.5 Å². The van der Waals surface area contributed by atoms with Gasteiger partial charge in [0.15, 0.2) is 15.6 Å². The topological polar surface area (TPSA) is 94.4 Å². The monoisotopic (exact) mass is 282 g/mol. The van der Waals surface area contributed by atoms with Crippen molar-refractivity contribution in [2.45, 2.75) is 18.0 Å². The zero-order chi connectivity index (χ0) is 12.7. The molecule has 0 bridgehead atoms. The molecule has 0 atom stereocenters. The molecule has 2 aromatic heterocycles. The van der Waals surface area contributed by atoms with Gasteiger partial charge in [-0.3, -0.25) is 14.6 Å². The summed E-state index contributed by atoms with van der Waals surface area (Å²) < 4.78 is 0.240. The standard InChI is InChI=1S/C10H10N4O2S2/c15-5(4-1-2-4)3-18-10-11-6-7(13-10)12-9(17)14-8(6)16/h4H,1-3H2,(H3,11,12,13,14,16,17). The highest BCUT2D eigenvalue weighted by molar-refractivity contribution is 7.99. The number of fused-ring (bicyclic) bond motifs is 1. The van der Waals surface area contributed by atoms with Crippen LogP contribution in [0.4, 0.5) is 0 Å². The SMILES string of the molecule is O=C(CSc1nc2[nH]c(=S)[nH]c(=O)c2[nH]1)C1CC1. The highest BCUT2D eigenvalue weighted by atomic mass is 32.2. The minimum Gasteiger partial charge on any atom is -0.327 e. The molecule has 6 nitrogen and oxygen atoms in total. The van der Waals surface area contributed by atoms with Crippen molar-refractivity contribution in [2.24, 2.45) is 5.92 Å². The highest BCUT2D eigenvalue weighted by Crippen LogP contribution is 2.31. The van der Waals surface area contributed by atoms with E-state index in [0.29, 0.717) is 22.1 Å². The molecule has 0 aliphatic heterocycles. The summed E-state index contributed by atoms with van der Waals surface area (Å²) in [5.74, 6) is 0.891. The van der Waals surface area contributed by atoms with Crippen molar-refractivity contribution in [3.05, 3.63) is 15.1 Å². The van der Waals surface area contributed by atoms with Crippen LogP contribution in [0.3, 0.4) is 0 Å². The van der Waals surface area contributed by atoms with Crippen LogP contribution in [0.25, 0.3) is 11.2 Å². The third-order valence-electron chi connectivity index (χ3n) is 2.75. The second kappa shape index (κ2) is 4.36. The van der Waals surface area contributed by atoms with E-state index in [1.54, 1.807) is 0 Å². The van der Waals surface area contributed by atoms with Crippen molar-refractivity contribution in [2.75, 3.05) is 5.75 Å². The van der Waals surface area contributed by atoms with E-state index < -0.39 is 0 Å².